The number of halogens is 2. The average Bonchev–Trinajstić information content (AvgIpc) is 3.11. The summed E-state index contributed by atoms with van der Waals surface area (Å²) in [5.41, 5.74) is 4.71. The van der Waals surface area contributed by atoms with Crippen LogP contribution in [0.4, 0.5) is 0 Å². The number of aryl methyl sites for hydroxylation is 2. The fraction of sp³-hybridized carbons (Fsp3) is 0.444. The number of carbonyl (C=O) groups is 2. The second-order valence-corrected chi connectivity index (χ2v) is 6.82. The molecule has 0 saturated heterocycles. The van der Waals surface area contributed by atoms with Crippen LogP contribution in [0.3, 0.4) is 0 Å². The fourth-order valence-electron chi connectivity index (χ4n) is 2.21. The van der Waals surface area contributed by atoms with Gasteiger partial charge in [-0.15, -0.1) is 0 Å². The Labute approximate surface area is 172 Å². The molecule has 0 fully saturated rings. The van der Waals surface area contributed by atoms with E-state index in [0.717, 1.165) is 12.8 Å². The minimum atomic E-state index is -0.340. The molecule has 152 valence electrons. The molecule has 0 bridgehead atoms. The topological polar surface area (TPSA) is 106 Å². The van der Waals surface area contributed by atoms with E-state index in [2.05, 4.69) is 21.0 Å². The predicted octanol–water partition coefficient (Wildman–Crippen LogP) is 3.27. The van der Waals surface area contributed by atoms with Gasteiger partial charge in [0.05, 0.1) is 11.6 Å². The highest BCUT2D eigenvalue weighted by Crippen LogP contribution is 2.27. The first kappa shape index (κ1) is 22.0. The fourth-order valence-corrected chi connectivity index (χ4v) is 2.67. The van der Waals surface area contributed by atoms with Gasteiger partial charge in [-0.25, -0.2) is 0 Å². The Morgan fingerprint density at radius 1 is 1.14 bits per heavy atom. The standard InChI is InChI=1S/C18H22Cl2N4O4/c1-2-4-15-21-18(28-24-15)9-8-17(26)23-22-16(25)5-3-10-27-14-7-6-12(19)11-13(14)20/h6-7,11H,2-5,8-10H2,1H3,(H,22,25)(H,23,26). The summed E-state index contributed by atoms with van der Waals surface area (Å²) in [4.78, 5) is 27.7. The lowest BCUT2D eigenvalue weighted by Gasteiger charge is -2.09. The lowest BCUT2D eigenvalue weighted by Crippen LogP contribution is -2.41. The number of carbonyl (C=O) groups excluding carboxylic acids is 2. The SMILES string of the molecule is CCCc1noc(CCC(=O)NNC(=O)CCCOc2ccc(Cl)cc2Cl)n1. The number of benzene rings is 1. The highest BCUT2D eigenvalue weighted by atomic mass is 35.5. The first-order chi connectivity index (χ1) is 13.5. The zero-order chi connectivity index (χ0) is 20.4. The maximum Gasteiger partial charge on any atom is 0.238 e. The molecule has 0 atom stereocenters. The molecule has 0 spiro atoms. The largest absolute Gasteiger partial charge is 0.492 e. The van der Waals surface area contributed by atoms with Gasteiger partial charge < -0.3 is 9.26 Å². The summed E-state index contributed by atoms with van der Waals surface area (Å²) in [6.07, 6.45) is 2.75. The van der Waals surface area contributed by atoms with Crippen molar-refractivity contribution < 1.29 is 18.8 Å². The molecule has 0 aliphatic rings. The maximum absolute atomic E-state index is 11.8. The average molecular weight is 429 g/mol. The summed E-state index contributed by atoms with van der Waals surface area (Å²) in [6.45, 7) is 2.32. The van der Waals surface area contributed by atoms with Crippen molar-refractivity contribution in [1.82, 2.24) is 21.0 Å². The predicted molar refractivity (Wildman–Crippen MR) is 104 cm³/mol. The highest BCUT2D eigenvalue weighted by Gasteiger charge is 2.10. The van der Waals surface area contributed by atoms with Crippen molar-refractivity contribution in [2.75, 3.05) is 6.61 Å². The summed E-state index contributed by atoms with van der Waals surface area (Å²) in [5.74, 6) is 0.883. The van der Waals surface area contributed by atoms with Crippen molar-refractivity contribution in [1.29, 1.82) is 0 Å². The molecular weight excluding hydrogens is 407 g/mol. The van der Waals surface area contributed by atoms with Gasteiger partial charge in [0.15, 0.2) is 5.82 Å². The Morgan fingerprint density at radius 2 is 1.89 bits per heavy atom. The van der Waals surface area contributed by atoms with Crippen LogP contribution in [0.5, 0.6) is 5.75 Å². The van der Waals surface area contributed by atoms with E-state index in [1.54, 1.807) is 18.2 Å². The van der Waals surface area contributed by atoms with Gasteiger partial charge >= 0.3 is 0 Å². The molecule has 1 aromatic heterocycles. The molecular formula is C18H22Cl2N4O4. The molecule has 2 rings (SSSR count). The molecule has 0 unspecified atom stereocenters. The van der Waals surface area contributed by atoms with E-state index in [0.29, 0.717) is 47.0 Å². The zero-order valence-electron chi connectivity index (χ0n) is 15.5. The van der Waals surface area contributed by atoms with Crippen molar-refractivity contribution in [2.45, 2.75) is 45.4 Å². The second kappa shape index (κ2) is 11.5. The number of amides is 2. The van der Waals surface area contributed by atoms with Gasteiger partial charge in [-0.1, -0.05) is 35.3 Å². The van der Waals surface area contributed by atoms with E-state index in [9.17, 15) is 9.59 Å². The monoisotopic (exact) mass is 428 g/mol. The molecule has 8 nitrogen and oxygen atoms in total. The van der Waals surface area contributed by atoms with Gasteiger partial charge in [-0.3, -0.25) is 20.4 Å². The first-order valence-corrected chi connectivity index (χ1v) is 9.70. The Morgan fingerprint density at radius 3 is 2.61 bits per heavy atom. The molecule has 0 aliphatic carbocycles. The summed E-state index contributed by atoms with van der Waals surface area (Å²) in [5, 5.41) is 4.75. The van der Waals surface area contributed by atoms with Crippen molar-refractivity contribution in [2.24, 2.45) is 0 Å². The second-order valence-electron chi connectivity index (χ2n) is 5.98. The third-order valence-corrected chi connectivity index (χ3v) is 4.12. The van der Waals surface area contributed by atoms with Gasteiger partial charge in [-0.05, 0) is 31.0 Å². The number of nitrogens with one attached hydrogen (secondary N) is 2. The smallest absolute Gasteiger partial charge is 0.238 e. The third kappa shape index (κ3) is 7.74. The first-order valence-electron chi connectivity index (χ1n) is 8.95. The molecule has 0 radical (unpaired) electrons. The van der Waals surface area contributed by atoms with E-state index in [-0.39, 0.29) is 24.7 Å². The number of hydrogen-bond acceptors (Lipinski definition) is 6. The molecule has 2 aromatic rings. The molecule has 1 aromatic carbocycles. The Balaban J connectivity index is 1.57. The van der Waals surface area contributed by atoms with Crippen LogP contribution in [-0.2, 0) is 22.4 Å². The molecule has 28 heavy (non-hydrogen) atoms. The van der Waals surface area contributed by atoms with Gasteiger partial charge in [0, 0.05) is 30.7 Å². The summed E-state index contributed by atoms with van der Waals surface area (Å²) < 4.78 is 10.5. The maximum atomic E-state index is 11.8. The summed E-state index contributed by atoms with van der Waals surface area (Å²) >= 11 is 11.8. The highest BCUT2D eigenvalue weighted by molar-refractivity contribution is 6.35. The quantitative estimate of drug-likeness (QED) is 0.444. The van der Waals surface area contributed by atoms with Crippen LogP contribution in [0.15, 0.2) is 22.7 Å². The molecule has 10 heteroatoms. The van der Waals surface area contributed by atoms with Gasteiger partial charge in [0.2, 0.25) is 17.7 Å². The number of nitrogens with zero attached hydrogens (tertiary/aromatic N) is 2. The van der Waals surface area contributed by atoms with E-state index in [1.807, 2.05) is 6.92 Å². The lowest BCUT2D eigenvalue weighted by molar-refractivity contribution is -0.129. The number of aromatic nitrogens is 2. The van der Waals surface area contributed by atoms with Crippen LogP contribution in [0.1, 0.15) is 44.3 Å². The molecule has 2 N–H and O–H groups in total. The van der Waals surface area contributed by atoms with E-state index in [4.69, 9.17) is 32.5 Å². The van der Waals surface area contributed by atoms with Crippen molar-refractivity contribution in [3.63, 3.8) is 0 Å². The number of hydrazine groups is 1. The normalized spacial score (nSPS) is 10.5. The number of rotatable bonds is 10. The summed E-state index contributed by atoms with van der Waals surface area (Å²) in [6, 6.07) is 4.92. The van der Waals surface area contributed by atoms with Crippen molar-refractivity contribution in [3.8, 4) is 5.75 Å². The summed E-state index contributed by atoms with van der Waals surface area (Å²) in [7, 11) is 0. The van der Waals surface area contributed by atoms with Crippen LogP contribution < -0.4 is 15.6 Å². The number of hydrogen-bond donors (Lipinski definition) is 2. The zero-order valence-corrected chi connectivity index (χ0v) is 17.0. The Kier molecular flexibility index (Phi) is 9.03. The van der Waals surface area contributed by atoms with Crippen LogP contribution in [0, 0.1) is 0 Å². The van der Waals surface area contributed by atoms with Crippen LogP contribution >= 0.6 is 23.2 Å². The van der Waals surface area contributed by atoms with Crippen molar-refractivity contribution in [3.05, 3.63) is 40.0 Å². The lowest BCUT2D eigenvalue weighted by atomic mass is 10.3. The Bertz CT molecular complexity index is 798. The Hall–Kier alpha value is -2.32. The van der Waals surface area contributed by atoms with Crippen LogP contribution in [0.2, 0.25) is 10.0 Å². The van der Waals surface area contributed by atoms with Gasteiger partial charge in [0.25, 0.3) is 0 Å². The van der Waals surface area contributed by atoms with E-state index in [1.165, 1.54) is 0 Å². The third-order valence-electron chi connectivity index (χ3n) is 3.59. The molecule has 2 amide bonds. The van der Waals surface area contributed by atoms with Crippen LogP contribution in [0.25, 0.3) is 0 Å². The molecule has 0 aliphatic heterocycles. The minimum absolute atomic E-state index is 0.131. The van der Waals surface area contributed by atoms with E-state index >= 15 is 0 Å². The molecule has 1 heterocycles. The van der Waals surface area contributed by atoms with Crippen LogP contribution in [-0.4, -0.2) is 28.6 Å². The van der Waals surface area contributed by atoms with E-state index < -0.39 is 0 Å². The van der Waals surface area contributed by atoms with Gasteiger partial charge in [-0.2, -0.15) is 4.98 Å². The van der Waals surface area contributed by atoms with Crippen molar-refractivity contribution >= 4 is 35.0 Å². The number of ether oxygens (including phenoxy) is 1. The minimum Gasteiger partial charge on any atom is -0.492 e. The molecule has 0 saturated carbocycles. The van der Waals surface area contributed by atoms with Gasteiger partial charge in [0.1, 0.15) is 5.75 Å².